The first-order valence-corrected chi connectivity index (χ1v) is 9.72. The molecule has 1 aliphatic rings. The molecule has 27 heavy (non-hydrogen) atoms. The Hall–Kier alpha value is -2.33. The predicted molar refractivity (Wildman–Crippen MR) is 109 cm³/mol. The fourth-order valence-corrected chi connectivity index (χ4v) is 4.21. The zero-order valence-electron chi connectivity index (χ0n) is 16.6. The van der Waals surface area contributed by atoms with Gasteiger partial charge in [0, 0.05) is 25.0 Å². The van der Waals surface area contributed by atoms with Gasteiger partial charge in [0.25, 0.3) is 0 Å². The molecule has 3 rings (SSSR count). The molecule has 2 aromatic carbocycles. The van der Waals surface area contributed by atoms with Gasteiger partial charge >= 0.3 is 0 Å². The highest BCUT2D eigenvalue weighted by Gasteiger charge is 2.39. The summed E-state index contributed by atoms with van der Waals surface area (Å²) < 4.78 is 0. The summed E-state index contributed by atoms with van der Waals surface area (Å²) in [6.07, 6.45) is 2.29. The Morgan fingerprint density at radius 2 is 1.78 bits per heavy atom. The van der Waals surface area contributed by atoms with Gasteiger partial charge in [0.1, 0.15) is 5.75 Å². The number of amides is 1. The Morgan fingerprint density at radius 1 is 1.11 bits per heavy atom. The smallest absolute Gasteiger partial charge is 0.223 e. The quantitative estimate of drug-likeness (QED) is 0.871. The van der Waals surface area contributed by atoms with E-state index < -0.39 is 0 Å². The van der Waals surface area contributed by atoms with Crippen LogP contribution in [0.15, 0.2) is 54.6 Å². The van der Waals surface area contributed by atoms with Crippen molar-refractivity contribution in [3.63, 3.8) is 0 Å². The lowest BCUT2D eigenvalue weighted by atomic mass is 9.79. The maximum atomic E-state index is 12.8. The van der Waals surface area contributed by atoms with Crippen LogP contribution in [0, 0.1) is 0 Å². The van der Waals surface area contributed by atoms with Gasteiger partial charge in [-0.15, -0.1) is 0 Å². The van der Waals surface area contributed by atoms with Crippen LogP contribution in [-0.2, 0) is 10.3 Å². The van der Waals surface area contributed by atoms with Gasteiger partial charge in [0.05, 0.1) is 0 Å². The number of piperidine rings is 1. The van der Waals surface area contributed by atoms with Crippen LogP contribution in [0.1, 0.15) is 43.2 Å². The first kappa shape index (κ1) is 19.4. The van der Waals surface area contributed by atoms with E-state index in [9.17, 15) is 9.90 Å². The number of likely N-dealkylation sites (tertiary alicyclic amines) is 1. The monoisotopic (exact) mass is 366 g/mol. The van der Waals surface area contributed by atoms with E-state index >= 15 is 0 Å². The third-order valence-electron chi connectivity index (χ3n) is 6.03. The SMILES string of the molecule is C[C@H](CC(=O)N1CCC(c2cccc(O)c2)(N(C)C)CC1)c1ccccc1. The Kier molecular flexibility index (Phi) is 5.85. The molecule has 1 atom stereocenters. The first-order valence-electron chi connectivity index (χ1n) is 9.72. The number of hydrogen-bond donors (Lipinski definition) is 1. The fraction of sp³-hybridized carbons (Fsp3) is 0.435. The van der Waals surface area contributed by atoms with E-state index in [2.05, 4.69) is 44.1 Å². The average molecular weight is 367 g/mol. The van der Waals surface area contributed by atoms with Crippen molar-refractivity contribution < 1.29 is 9.90 Å². The Bertz CT molecular complexity index is 765. The number of rotatable bonds is 5. The Labute approximate surface area is 162 Å². The molecule has 4 nitrogen and oxygen atoms in total. The second-order valence-electron chi connectivity index (χ2n) is 7.87. The van der Waals surface area contributed by atoms with Crippen LogP contribution in [0.3, 0.4) is 0 Å². The Morgan fingerprint density at radius 3 is 2.37 bits per heavy atom. The summed E-state index contributed by atoms with van der Waals surface area (Å²) >= 11 is 0. The van der Waals surface area contributed by atoms with Crippen molar-refractivity contribution in [2.75, 3.05) is 27.2 Å². The molecule has 1 N–H and O–H groups in total. The second kappa shape index (κ2) is 8.13. The highest BCUT2D eigenvalue weighted by atomic mass is 16.3. The number of benzene rings is 2. The number of aromatic hydroxyl groups is 1. The Balaban J connectivity index is 1.67. The van der Waals surface area contributed by atoms with E-state index in [-0.39, 0.29) is 17.4 Å². The van der Waals surface area contributed by atoms with Crippen LogP contribution in [0.4, 0.5) is 0 Å². The van der Waals surface area contributed by atoms with E-state index in [0.29, 0.717) is 12.2 Å². The molecule has 1 amide bonds. The summed E-state index contributed by atoms with van der Waals surface area (Å²) in [5, 5.41) is 9.90. The third kappa shape index (κ3) is 4.16. The van der Waals surface area contributed by atoms with Crippen molar-refractivity contribution in [2.24, 2.45) is 0 Å². The van der Waals surface area contributed by atoms with Gasteiger partial charge in [-0.2, -0.15) is 0 Å². The van der Waals surface area contributed by atoms with Gasteiger partial charge in [-0.3, -0.25) is 9.69 Å². The molecule has 1 aliphatic heterocycles. The maximum Gasteiger partial charge on any atom is 0.223 e. The van der Waals surface area contributed by atoms with E-state index in [1.54, 1.807) is 6.07 Å². The van der Waals surface area contributed by atoms with Crippen molar-refractivity contribution in [3.8, 4) is 5.75 Å². The third-order valence-corrected chi connectivity index (χ3v) is 6.03. The molecule has 144 valence electrons. The summed E-state index contributed by atoms with van der Waals surface area (Å²) in [6.45, 7) is 3.61. The molecule has 0 aromatic heterocycles. The standard InChI is InChI=1S/C23H30N2O2/c1-18(19-8-5-4-6-9-19)16-22(27)25-14-12-23(13-15-25,24(2)3)20-10-7-11-21(26)17-20/h4-11,17-18,26H,12-16H2,1-3H3/t18-/m1/s1. The van der Waals surface area contributed by atoms with Gasteiger partial charge in [0.2, 0.25) is 5.91 Å². The molecule has 0 spiro atoms. The molecule has 4 heteroatoms. The van der Waals surface area contributed by atoms with Gasteiger partial charge < -0.3 is 10.0 Å². The summed E-state index contributed by atoms with van der Waals surface area (Å²) in [6, 6.07) is 17.8. The number of phenolic OH excluding ortho intramolecular Hbond substituents is 1. The van der Waals surface area contributed by atoms with Crippen molar-refractivity contribution in [1.82, 2.24) is 9.80 Å². The summed E-state index contributed by atoms with van der Waals surface area (Å²) in [5.74, 6) is 0.754. The molecular weight excluding hydrogens is 336 g/mol. The first-order chi connectivity index (χ1) is 12.9. The maximum absolute atomic E-state index is 12.8. The second-order valence-corrected chi connectivity index (χ2v) is 7.87. The highest BCUT2D eigenvalue weighted by molar-refractivity contribution is 5.77. The van der Waals surface area contributed by atoms with Crippen LogP contribution in [0.2, 0.25) is 0 Å². The molecule has 0 unspecified atom stereocenters. The number of hydrogen-bond acceptors (Lipinski definition) is 3. The predicted octanol–water partition coefficient (Wildman–Crippen LogP) is 3.97. The van der Waals surface area contributed by atoms with Crippen molar-refractivity contribution in [2.45, 2.75) is 37.6 Å². The van der Waals surface area contributed by atoms with E-state index in [0.717, 1.165) is 31.5 Å². The topological polar surface area (TPSA) is 43.8 Å². The molecule has 1 heterocycles. The fourth-order valence-electron chi connectivity index (χ4n) is 4.21. The lowest BCUT2D eigenvalue weighted by Gasteiger charge is -2.46. The molecule has 0 saturated carbocycles. The van der Waals surface area contributed by atoms with Gasteiger partial charge in [-0.05, 0) is 56.1 Å². The molecule has 1 saturated heterocycles. The zero-order chi connectivity index (χ0) is 19.4. The minimum Gasteiger partial charge on any atom is -0.508 e. The highest BCUT2D eigenvalue weighted by Crippen LogP contribution is 2.38. The van der Waals surface area contributed by atoms with Crippen molar-refractivity contribution in [3.05, 3.63) is 65.7 Å². The average Bonchev–Trinajstić information content (AvgIpc) is 2.68. The van der Waals surface area contributed by atoms with Crippen LogP contribution < -0.4 is 0 Å². The minimum absolute atomic E-state index is 0.138. The number of carbonyl (C=O) groups excluding carboxylic acids is 1. The zero-order valence-corrected chi connectivity index (χ0v) is 16.6. The van der Waals surface area contributed by atoms with Gasteiger partial charge in [-0.1, -0.05) is 49.4 Å². The van der Waals surface area contributed by atoms with Crippen LogP contribution in [0.5, 0.6) is 5.75 Å². The van der Waals surface area contributed by atoms with Gasteiger partial charge in [-0.25, -0.2) is 0 Å². The number of phenols is 1. The summed E-state index contributed by atoms with van der Waals surface area (Å²) in [5.41, 5.74) is 2.20. The van der Waals surface area contributed by atoms with E-state index in [1.807, 2.05) is 35.2 Å². The molecule has 0 radical (unpaired) electrons. The lowest BCUT2D eigenvalue weighted by Crippen LogP contribution is -2.51. The molecule has 0 aliphatic carbocycles. The van der Waals surface area contributed by atoms with Crippen LogP contribution in [0.25, 0.3) is 0 Å². The van der Waals surface area contributed by atoms with E-state index in [1.165, 1.54) is 5.56 Å². The lowest BCUT2D eigenvalue weighted by molar-refractivity contribution is -0.134. The van der Waals surface area contributed by atoms with Gasteiger partial charge in [0.15, 0.2) is 0 Å². The largest absolute Gasteiger partial charge is 0.508 e. The van der Waals surface area contributed by atoms with E-state index in [4.69, 9.17) is 0 Å². The molecule has 0 bridgehead atoms. The minimum atomic E-state index is -0.138. The van der Waals surface area contributed by atoms with Crippen LogP contribution in [-0.4, -0.2) is 48.0 Å². The summed E-state index contributed by atoms with van der Waals surface area (Å²) in [4.78, 5) is 17.1. The molecule has 1 fully saturated rings. The molecular formula is C23H30N2O2. The number of nitrogens with zero attached hydrogens (tertiary/aromatic N) is 2. The molecule has 2 aromatic rings. The normalized spacial score (nSPS) is 17.7. The van der Waals surface area contributed by atoms with Crippen molar-refractivity contribution >= 4 is 5.91 Å². The van der Waals surface area contributed by atoms with Crippen molar-refractivity contribution in [1.29, 1.82) is 0 Å². The summed E-state index contributed by atoms with van der Waals surface area (Å²) in [7, 11) is 4.16. The number of carbonyl (C=O) groups is 1. The van der Waals surface area contributed by atoms with Crippen LogP contribution >= 0.6 is 0 Å².